The molecular formula is C18H26N6O4. The number of esters is 1. The molecule has 1 aliphatic rings. The van der Waals surface area contributed by atoms with Gasteiger partial charge in [0.1, 0.15) is 0 Å². The second-order valence-electron chi connectivity index (χ2n) is 7.16. The zero-order valence-electron chi connectivity index (χ0n) is 16.6. The number of hydrogen-bond acceptors (Lipinski definition) is 8. The lowest BCUT2D eigenvalue weighted by atomic mass is 10.1. The Morgan fingerprint density at radius 2 is 1.89 bits per heavy atom. The highest BCUT2D eigenvalue weighted by Gasteiger charge is 2.26. The summed E-state index contributed by atoms with van der Waals surface area (Å²) in [5, 5.41) is 4.11. The van der Waals surface area contributed by atoms with E-state index in [4.69, 9.17) is 15.2 Å². The molecule has 0 aromatic carbocycles. The van der Waals surface area contributed by atoms with E-state index in [2.05, 4.69) is 15.1 Å². The first kappa shape index (κ1) is 20.0. The molecule has 10 heteroatoms. The van der Waals surface area contributed by atoms with Crippen LogP contribution in [0.4, 0.5) is 5.95 Å². The Morgan fingerprint density at radius 1 is 1.21 bits per heavy atom. The van der Waals surface area contributed by atoms with Crippen LogP contribution in [0, 0.1) is 13.8 Å². The van der Waals surface area contributed by atoms with Crippen molar-refractivity contribution < 1.29 is 19.1 Å². The van der Waals surface area contributed by atoms with E-state index < -0.39 is 5.97 Å². The van der Waals surface area contributed by atoms with Crippen LogP contribution in [0.2, 0.25) is 0 Å². The Morgan fingerprint density at radius 3 is 2.57 bits per heavy atom. The number of amides is 1. The molecule has 1 aliphatic heterocycles. The standard InChI is InChI=1S/C18H26N6O4/c1-10-7-23(8-11(2)28-10)15(25)9-27-16(26)6-5-14-12(3)20-18-21-17(19)22-24(18)13(14)4/h10-11H,5-9H2,1-4H3,(H2,19,22)/t10-,11-/m0/s1. The number of nitrogens with two attached hydrogens (primary N) is 1. The topological polar surface area (TPSA) is 125 Å². The molecule has 28 heavy (non-hydrogen) atoms. The van der Waals surface area contributed by atoms with E-state index >= 15 is 0 Å². The summed E-state index contributed by atoms with van der Waals surface area (Å²) in [4.78, 5) is 34.5. The molecule has 10 nitrogen and oxygen atoms in total. The third kappa shape index (κ3) is 4.38. The number of nitrogen functional groups attached to an aromatic ring is 1. The number of anilines is 1. The van der Waals surface area contributed by atoms with Crippen LogP contribution in [0.25, 0.3) is 5.78 Å². The molecule has 2 aromatic heterocycles. The van der Waals surface area contributed by atoms with Crippen LogP contribution in [0.5, 0.6) is 0 Å². The van der Waals surface area contributed by atoms with Crippen LogP contribution in [0.1, 0.15) is 37.2 Å². The molecule has 1 amide bonds. The van der Waals surface area contributed by atoms with Crippen molar-refractivity contribution in [2.45, 2.75) is 52.7 Å². The van der Waals surface area contributed by atoms with Crippen molar-refractivity contribution in [2.75, 3.05) is 25.4 Å². The molecule has 1 fully saturated rings. The monoisotopic (exact) mass is 390 g/mol. The second-order valence-corrected chi connectivity index (χ2v) is 7.16. The molecule has 2 N–H and O–H groups in total. The van der Waals surface area contributed by atoms with E-state index in [1.165, 1.54) is 0 Å². The van der Waals surface area contributed by atoms with Gasteiger partial charge in [0.15, 0.2) is 6.61 Å². The Hall–Kier alpha value is -2.75. The zero-order chi connectivity index (χ0) is 20.4. The van der Waals surface area contributed by atoms with Gasteiger partial charge in [-0.2, -0.15) is 9.50 Å². The van der Waals surface area contributed by atoms with E-state index in [0.717, 1.165) is 17.0 Å². The molecule has 0 aliphatic carbocycles. The maximum absolute atomic E-state index is 12.3. The molecule has 3 heterocycles. The first-order valence-electron chi connectivity index (χ1n) is 9.31. The summed E-state index contributed by atoms with van der Waals surface area (Å²) < 4.78 is 12.3. The van der Waals surface area contributed by atoms with Crippen molar-refractivity contribution in [1.29, 1.82) is 0 Å². The van der Waals surface area contributed by atoms with Gasteiger partial charge in [-0.05, 0) is 39.7 Å². The molecule has 152 valence electrons. The van der Waals surface area contributed by atoms with E-state index in [1.807, 2.05) is 27.7 Å². The normalized spacial score (nSPS) is 19.8. The number of aromatic nitrogens is 4. The van der Waals surface area contributed by atoms with Crippen LogP contribution in [-0.2, 0) is 25.5 Å². The van der Waals surface area contributed by atoms with Crippen LogP contribution in [0.3, 0.4) is 0 Å². The van der Waals surface area contributed by atoms with Crippen LogP contribution in [0.15, 0.2) is 0 Å². The van der Waals surface area contributed by atoms with Gasteiger partial charge in [0.2, 0.25) is 5.95 Å². The molecule has 2 atom stereocenters. The lowest BCUT2D eigenvalue weighted by molar-refractivity contribution is -0.157. The van der Waals surface area contributed by atoms with Gasteiger partial charge in [-0.1, -0.05) is 0 Å². The Balaban J connectivity index is 1.54. The number of hydrogen-bond donors (Lipinski definition) is 1. The zero-order valence-corrected chi connectivity index (χ0v) is 16.6. The summed E-state index contributed by atoms with van der Waals surface area (Å²) >= 11 is 0. The van der Waals surface area contributed by atoms with Gasteiger partial charge >= 0.3 is 5.97 Å². The quantitative estimate of drug-likeness (QED) is 0.729. The number of fused-ring (bicyclic) bond motifs is 1. The summed E-state index contributed by atoms with van der Waals surface area (Å²) in [5.74, 6) is -0.0567. The maximum atomic E-state index is 12.3. The van der Waals surface area contributed by atoms with E-state index in [-0.39, 0.29) is 37.1 Å². The molecule has 0 bridgehead atoms. The van der Waals surface area contributed by atoms with Gasteiger partial charge in [0, 0.05) is 30.9 Å². The van der Waals surface area contributed by atoms with Crippen molar-refractivity contribution in [3.63, 3.8) is 0 Å². The predicted octanol–water partition coefficient (Wildman–Crippen LogP) is 0.435. The lowest BCUT2D eigenvalue weighted by Gasteiger charge is -2.35. The van der Waals surface area contributed by atoms with Crippen molar-refractivity contribution in [1.82, 2.24) is 24.5 Å². The highest BCUT2D eigenvalue weighted by Crippen LogP contribution is 2.16. The fourth-order valence-corrected chi connectivity index (χ4v) is 3.50. The molecule has 3 rings (SSSR count). The van der Waals surface area contributed by atoms with Crippen LogP contribution in [-0.4, -0.2) is 68.3 Å². The molecular weight excluding hydrogens is 364 g/mol. The summed E-state index contributed by atoms with van der Waals surface area (Å²) in [6.45, 7) is 8.31. The van der Waals surface area contributed by atoms with Crippen molar-refractivity contribution >= 4 is 23.6 Å². The molecule has 0 saturated carbocycles. The van der Waals surface area contributed by atoms with Crippen molar-refractivity contribution in [3.05, 3.63) is 17.0 Å². The first-order chi connectivity index (χ1) is 13.2. The van der Waals surface area contributed by atoms with Crippen molar-refractivity contribution in [3.8, 4) is 0 Å². The number of ether oxygens (including phenoxy) is 2. The lowest BCUT2D eigenvalue weighted by Crippen LogP contribution is -2.49. The number of nitrogens with zero attached hydrogens (tertiary/aromatic N) is 5. The van der Waals surface area contributed by atoms with E-state index in [1.54, 1.807) is 9.42 Å². The second kappa shape index (κ2) is 8.09. The molecule has 0 spiro atoms. The highest BCUT2D eigenvalue weighted by atomic mass is 16.5. The smallest absolute Gasteiger partial charge is 0.306 e. The predicted molar refractivity (Wildman–Crippen MR) is 101 cm³/mol. The highest BCUT2D eigenvalue weighted by molar-refractivity contribution is 5.80. The van der Waals surface area contributed by atoms with Gasteiger partial charge in [-0.25, -0.2) is 4.98 Å². The fraction of sp³-hybridized carbons (Fsp3) is 0.611. The van der Waals surface area contributed by atoms with Gasteiger partial charge in [0.25, 0.3) is 11.7 Å². The van der Waals surface area contributed by atoms with Crippen molar-refractivity contribution in [2.24, 2.45) is 0 Å². The SMILES string of the molecule is Cc1nc2nc(N)nn2c(C)c1CCC(=O)OCC(=O)N1C[C@H](C)O[C@@H](C)C1. The Bertz CT molecular complexity index is 886. The van der Waals surface area contributed by atoms with Crippen LogP contribution < -0.4 is 5.73 Å². The van der Waals surface area contributed by atoms with Gasteiger partial charge in [-0.15, -0.1) is 5.10 Å². The molecule has 0 unspecified atom stereocenters. The summed E-state index contributed by atoms with van der Waals surface area (Å²) in [6, 6.07) is 0. The average molecular weight is 390 g/mol. The number of carbonyl (C=O) groups is 2. The minimum atomic E-state index is -0.431. The third-order valence-corrected chi connectivity index (χ3v) is 4.77. The summed E-state index contributed by atoms with van der Waals surface area (Å²) in [5.41, 5.74) is 8.10. The minimum Gasteiger partial charge on any atom is -0.456 e. The number of rotatable bonds is 5. The molecule has 1 saturated heterocycles. The first-order valence-corrected chi connectivity index (χ1v) is 9.31. The Kier molecular flexibility index (Phi) is 5.78. The average Bonchev–Trinajstić information content (AvgIpc) is 2.99. The van der Waals surface area contributed by atoms with E-state index in [0.29, 0.717) is 25.3 Å². The molecule has 0 radical (unpaired) electrons. The van der Waals surface area contributed by atoms with Gasteiger partial charge < -0.3 is 20.1 Å². The van der Waals surface area contributed by atoms with E-state index in [9.17, 15) is 9.59 Å². The van der Waals surface area contributed by atoms with Gasteiger partial charge in [-0.3, -0.25) is 9.59 Å². The van der Waals surface area contributed by atoms with Gasteiger partial charge in [0.05, 0.1) is 12.2 Å². The third-order valence-electron chi connectivity index (χ3n) is 4.77. The van der Waals surface area contributed by atoms with Crippen LogP contribution >= 0.6 is 0 Å². The number of aryl methyl sites for hydroxylation is 2. The summed E-state index contributed by atoms with van der Waals surface area (Å²) in [6.07, 6.45) is 0.520. The minimum absolute atomic E-state index is 0.0254. The molecule has 2 aromatic rings. The fourth-order valence-electron chi connectivity index (χ4n) is 3.50. The number of carbonyl (C=O) groups excluding carboxylic acids is 2. The number of morpholine rings is 1. The summed E-state index contributed by atoms with van der Waals surface area (Å²) in [7, 11) is 0. The largest absolute Gasteiger partial charge is 0.456 e. The Labute approximate surface area is 163 Å². The maximum Gasteiger partial charge on any atom is 0.306 e.